The number of anilines is 1. The van der Waals surface area contributed by atoms with E-state index in [9.17, 15) is 9.59 Å². The Morgan fingerprint density at radius 2 is 1.73 bits per heavy atom. The number of amides is 1. The molecule has 0 aliphatic heterocycles. The molecule has 0 atom stereocenters. The van der Waals surface area contributed by atoms with Crippen molar-refractivity contribution in [2.24, 2.45) is 0 Å². The van der Waals surface area contributed by atoms with Crippen molar-refractivity contribution < 1.29 is 4.79 Å². The van der Waals surface area contributed by atoms with Crippen molar-refractivity contribution in [3.05, 3.63) is 62.6 Å². The average molecular weight is 354 g/mol. The summed E-state index contributed by atoms with van der Waals surface area (Å²) in [5.74, 6) is -0.322. The van der Waals surface area contributed by atoms with Gasteiger partial charge in [0.2, 0.25) is 0 Å². The first-order valence-corrected chi connectivity index (χ1v) is 9.51. The molecule has 140 valence electrons. The molecule has 4 nitrogen and oxygen atoms in total. The van der Waals surface area contributed by atoms with Crippen LogP contribution in [-0.2, 0) is 13.0 Å². The Morgan fingerprint density at radius 3 is 2.31 bits per heavy atom. The van der Waals surface area contributed by atoms with Crippen molar-refractivity contribution in [3.63, 3.8) is 0 Å². The quantitative estimate of drug-likeness (QED) is 0.728. The van der Waals surface area contributed by atoms with E-state index in [-0.39, 0.29) is 16.9 Å². The zero-order valence-electron chi connectivity index (χ0n) is 16.6. The molecule has 0 aliphatic rings. The van der Waals surface area contributed by atoms with Crippen molar-refractivity contribution in [2.45, 2.75) is 66.8 Å². The van der Waals surface area contributed by atoms with Crippen LogP contribution in [0.1, 0.15) is 66.0 Å². The van der Waals surface area contributed by atoms with Gasteiger partial charge in [0, 0.05) is 29.7 Å². The fraction of sp³-hybridized carbons (Fsp3) is 0.455. The maximum absolute atomic E-state index is 12.9. The van der Waals surface area contributed by atoms with Gasteiger partial charge >= 0.3 is 0 Å². The van der Waals surface area contributed by atoms with Crippen LogP contribution in [0, 0.1) is 20.8 Å². The molecule has 0 saturated heterocycles. The topological polar surface area (TPSA) is 51.1 Å². The summed E-state index contributed by atoms with van der Waals surface area (Å²) < 4.78 is 2.14. The van der Waals surface area contributed by atoms with Crippen LogP contribution in [-0.4, -0.2) is 10.5 Å². The van der Waals surface area contributed by atoms with E-state index in [0.717, 1.165) is 60.4 Å². The summed E-state index contributed by atoms with van der Waals surface area (Å²) in [6, 6.07) is 7.50. The lowest BCUT2D eigenvalue weighted by molar-refractivity contribution is 0.102. The molecule has 26 heavy (non-hydrogen) atoms. The Balaban J connectivity index is 2.43. The molecule has 0 spiro atoms. The predicted octanol–water partition coefficient (Wildman–Crippen LogP) is 4.78. The van der Waals surface area contributed by atoms with Gasteiger partial charge < -0.3 is 9.88 Å². The van der Waals surface area contributed by atoms with Gasteiger partial charge in [-0.1, -0.05) is 44.9 Å². The van der Waals surface area contributed by atoms with Gasteiger partial charge in [0.25, 0.3) is 5.91 Å². The van der Waals surface area contributed by atoms with Crippen LogP contribution in [0.25, 0.3) is 0 Å². The highest BCUT2D eigenvalue weighted by Gasteiger charge is 2.19. The molecule has 1 heterocycles. The van der Waals surface area contributed by atoms with Gasteiger partial charge in [-0.3, -0.25) is 9.59 Å². The second kappa shape index (κ2) is 8.84. The maximum Gasteiger partial charge on any atom is 0.261 e. The van der Waals surface area contributed by atoms with E-state index in [1.807, 2.05) is 45.9 Å². The van der Waals surface area contributed by atoms with Crippen molar-refractivity contribution in [1.29, 1.82) is 0 Å². The van der Waals surface area contributed by atoms with Crippen molar-refractivity contribution in [3.8, 4) is 0 Å². The number of carbonyl (C=O) groups is 1. The number of carbonyl (C=O) groups excluding carboxylic acids is 1. The zero-order valence-corrected chi connectivity index (χ0v) is 16.6. The standard InChI is InChI=1S/C22H30N2O2/c1-6-8-9-13-24-17(5)20(19(25)14-18(24)7-2)22(26)23-21-15(3)11-10-12-16(21)4/h10-12,14H,6-9,13H2,1-5H3,(H,23,26). The van der Waals surface area contributed by atoms with Crippen LogP contribution >= 0.6 is 0 Å². The second-order valence-electron chi connectivity index (χ2n) is 6.89. The first-order chi connectivity index (χ1) is 12.4. The van der Waals surface area contributed by atoms with E-state index in [4.69, 9.17) is 0 Å². The lowest BCUT2D eigenvalue weighted by atomic mass is 10.1. The van der Waals surface area contributed by atoms with E-state index in [1.54, 1.807) is 6.07 Å². The SMILES string of the molecule is CCCCCn1c(CC)cc(=O)c(C(=O)Nc2c(C)cccc2C)c1C. The van der Waals surface area contributed by atoms with Crippen molar-refractivity contribution in [2.75, 3.05) is 5.32 Å². The summed E-state index contributed by atoms with van der Waals surface area (Å²) in [5.41, 5.74) is 4.57. The number of hydrogen-bond donors (Lipinski definition) is 1. The molecule has 1 aromatic heterocycles. The number of rotatable bonds is 7. The number of aryl methyl sites for hydroxylation is 3. The third kappa shape index (κ3) is 4.24. The molecule has 0 bridgehead atoms. The van der Waals surface area contributed by atoms with E-state index in [1.165, 1.54) is 0 Å². The van der Waals surface area contributed by atoms with Gasteiger partial charge in [-0.05, 0) is 44.7 Å². The third-order valence-electron chi connectivity index (χ3n) is 4.95. The minimum atomic E-state index is -0.322. The Morgan fingerprint density at radius 1 is 1.08 bits per heavy atom. The molecule has 2 rings (SSSR count). The summed E-state index contributed by atoms with van der Waals surface area (Å²) >= 11 is 0. The molecular formula is C22H30N2O2. The van der Waals surface area contributed by atoms with Gasteiger partial charge in [0.15, 0.2) is 5.43 Å². The number of pyridine rings is 1. The van der Waals surface area contributed by atoms with Crippen molar-refractivity contribution in [1.82, 2.24) is 4.57 Å². The van der Waals surface area contributed by atoms with E-state index < -0.39 is 0 Å². The highest BCUT2D eigenvalue weighted by molar-refractivity contribution is 6.05. The fourth-order valence-corrected chi connectivity index (χ4v) is 3.42. The lowest BCUT2D eigenvalue weighted by Crippen LogP contribution is -2.28. The number of unbranched alkanes of at least 4 members (excludes halogenated alkanes) is 2. The van der Waals surface area contributed by atoms with Crippen LogP contribution in [0.5, 0.6) is 0 Å². The minimum absolute atomic E-state index is 0.199. The van der Waals surface area contributed by atoms with Crippen LogP contribution in [0.3, 0.4) is 0 Å². The highest BCUT2D eigenvalue weighted by atomic mass is 16.2. The number of nitrogens with zero attached hydrogens (tertiary/aromatic N) is 1. The number of para-hydroxylation sites is 1. The summed E-state index contributed by atoms with van der Waals surface area (Å²) in [7, 11) is 0. The molecule has 0 saturated carbocycles. The van der Waals surface area contributed by atoms with Gasteiger partial charge in [-0.15, -0.1) is 0 Å². The highest BCUT2D eigenvalue weighted by Crippen LogP contribution is 2.21. The van der Waals surface area contributed by atoms with Gasteiger partial charge in [0.1, 0.15) is 5.56 Å². The smallest absolute Gasteiger partial charge is 0.261 e. The molecule has 0 fully saturated rings. The summed E-state index contributed by atoms with van der Waals surface area (Å²) in [5, 5.41) is 2.96. The number of hydrogen-bond acceptors (Lipinski definition) is 2. The van der Waals surface area contributed by atoms with E-state index >= 15 is 0 Å². The van der Waals surface area contributed by atoms with Crippen LogP contribution in [0.2, 0.25) is 0 Å². The molecule has 0 aliphatic carbocycles. The van der Waals surface area contributed by atoms with E-state index in [0.29, 0.717) is 0 Å². The normalized spacial score (nSPS) is 10.8. The van der Waals surface area contributed by atoms with Gasteiger partial charge in [-0.2, -0.15) is 0 Å². The van der Waals surface area contributed by atoms with E-state index in [2.05, 4.69) is 16.8 Å². The Hall–Kier alpha value is -2.36. The zero-order chi connectivity index (χ0) is 19.3. The first kappa shape index (κ1) is 20.0. The van der Waals surface area contributed by atoms with Gasteiger partial charge in [-0.25, -0.2) is 0 Å². The van der Waals surface area contributed by atoms with Crippen molar-refractivity contribution >= 4 is 11.6 Å². The Bertz CT molecular complexity index is 830. The fourth-order valence-electron chi connectivity index (χ4n) is 3.42. The largest absolute Gasteiger partial charge is 0.348 e. The average Bonchev–Trinajstić information content (AvgIpc) is 2.60. The summed E-state index contributed by atoms with van der Waals surface area (Å²) in [6.07, 6.45) is 4.10. The van der Waals surface area contributed by atoms with Crippen LogP contribution < -0.4 is 10.7 Å². The Kier molecular flexibility index (Phi) is 6.78. The predicted molar refractivity (Wildman–Crippen MR) is 108 cm³/mol. The first-order valence-electron chi connectivity index (χ1n) is 9.51. The third-order valence-corrected chi connectivity index (χ3v) is 4.95. The molecule has 0 radical (unpaired) electrons. The molecular weight excluding hydrogens is 324 g/mol. The van der Waals surface area contributed by atoms with Crippen LogP contribution in [0.4, 0.5) is 5.69 Å². The molecule has 1 N–H and O–H groups in total. The molecule has 1 aromatic carbocycles. The number of aromatic nitrogens is 1. The van der Waals surface area contributed by atoms with Crippen LogP contribution in [0.15, 0.2) is 29.1 Å². The molecule has 0 unspecified atom stereocenters. The minimum Gasteiger partial charge on any atom is -0.348 e. The molecule has 2 aromatic rings. The monoisotopic (exact) mass is 354 g/mol. The summed E-state index contributed by atoms with van der Waals surface area (Å²) in [4.78, 5) is 25.5. The maximum atomic E-state index is 12.9. The summed E-state index contributed by atoms with van der Waals surface area (Å²) in [6.45, 7) is 10.8. The lowest BCUT2D eigenvalue weighted by Gasteiger charge is -2.19. The Labute approximate surface area is 156 Å². The molecule has 1 amide bonds. The number of nitrogens with one attached hydrogen (secondary N) is 1. The van der Waals surface area contributed by atoms with Gasteiger partial charge in [0.05, 0.1) is 0 Å². The second-order valence-corrected chi connectivity index (χ2v) is 6.89. The number of benzene rings is 1. The molecule has 4 heteroatoms.